The molecule has 0 amide bonds. The van der Waals surface area contributed by atoms with Crippen LogP contribution in [-0.2, 0) is 5.41 Å². The molecule has 11 aromatic rings. The molecule has 10 aromatic carbocycles. The van der Waals surface area contributed by atoms with Crippen molar-refractivity contribution in [2.24, 2.45) is 0 Å². The van der Waals surface area contributed by atoms with Gasteiger partial charge in [0, 0.05) is 22.1 Å². The molecule has 0 aliphatic heterocycles. The lowest BCUT2D eigenvalue weighted by atomic mass is 9.82. The van der Waals surface area contributed by atoms with Gasteiger partial charge in [0.1, 0.15) is 0 Å². The van der Waals surface area contributed by atoms with Gasteiger partial charge < -0.3 is 0 Å². The van der Waals surface area contributed by atoms with Gasteiger partial charge in [0.05, 0.1) is 11.4 Å². The Balaban J connectivity index is 1.01. The zero-order valence-electron chi connectivity index (χ0n) is 35.2. The first-order valence-corrected chi connectivity index (χ1v) is 21.8. The summed E-state index contributed by atoms with van der Waals surface area (Å²) < 4.78 is 0. The van der Waals surface area contributed by atoms with E-state index in [1.807, 2.05) is 0 Å². The molecule has 0 saturated heterocycles. The van der Waals surface area contributed by atoms with Gasteiger partial charge in [-0.1, -0.05) is 208 Å². The standard InChI is InChI=1S/C61H42N2/c1-61(2)54-27-11-10-25-52(54)59-50(26-14-28-55(59)61)44-20-13-22-47(36-44)57-38-56(46-21-12-19-43(35-46)39-15-4-3-5-16-39)62-60(63-57)42-31-29-41(30-32-42)58-49-24-9-7-18-45(49)37-53-48-23-8-6-17-40(48)33-34-51(53)58/h3-38H,1-2H3. The molecule has 1 aliphatic carbocycles. The number of hydrogen-bond acceptors (Lipinski definition) is 2. The monoisotopic (exact) mass is 802 g/mol. The van der Waals surface area contributed by atoms with Crippen LogP contribution in [0.1, 0.15) is 25.0 Å². The molecule has 1 aromatic heterocycles. The van der Waals surface area contributed by atoms with Crippen LogP contribution < -0.4 is 0 Å². The van der Waals surface area contributed by atoms with Gasteiger partial charge in [0.2, 0.25) is 0 Å². The third-order valence-electron chi connectivity index (χ3n) is 13.3. The second-order valence-corrected chi connectivity index (χ2v) is 17.3. The van der Waals surface area contributed by atoms with Crippen LogP contribution in [0.4, 0.5) is 0 Å². The molecule has 2 nitrogen and oxygen atoms in total. The van der Waals surface area contributed by atoms with Crippen molar-refractivity contribution in [2.75, 3.05) is 0 Å². The molecule has 0 bridgehead atoms. The highest BCUT2D eigenvalue weighted by atomic mass is 14.9. The summed E-state index contributed by atoms with van der Waals surface area (Å²) in [7, 11) is 0. The van der Waals surface area contributed by atoms with Crippen LogP contribution in [-0.4, -0.2) is 9.97 Å². The third kappa shape index (κ3) is 6.17. The van der Waals surface area contributed by atoms with Crippen molar-refractivity contribution in [3.8, 4) is 78.4 Å². The largest absolute Gasteiger partial charge is 0.228 e. The van der Waals surface area contributed by atoms with E-state index in [0.717, 1.165) is 39.2 Å². The van der Waals surface area contributed by atoms with Crippen LogP contribution in [0.2, 0.25) is 0 Å². The predicted molar refractivity (Wildman–Crippen MR) is 265 cm³/mol. The predicted octanol–water partition coefficient (Wildman–Crippen LogP) is 16.2. The van der Waals surface area contributed by atoms with E-state index in [2.05, 4.69) is 232 Å². The van der Waals surface area contributed by atoms with E-state index >= 15 is 0 Å². The summed E-state index contributed by atoms with van der Waals surface area (Å²) in [5, 5.41) is 7.49. The van der Waals surface area contributed by atoms with Crippen LogP contribution in [0.5, 0.6) is 0 Å². The molecule has 2 heteroatoms. The molecule has 0 spiro atoms. The number of rotatable bonds is 6. The van der Waals surface area contributed by atoms with E-state index in [1.54, 1.807) is 0 Å². The molecule has 0 N–H and O–H groups in total. The van der Waals surface area contributed by atoms with Crippen LogP contribution in [0.15, 0.2) is 218 Å². The molecule has 1 heterocycles. The Kier molecular flexibility index (Phi) is 8.55. The average Bonchev–Trinajstić information content (AvgIpc) is 3.59. The second-order valence-electron chi connectivity index (χ2n) is 17.3. The summed E-state index contributed by atoms with van der Waals surface area (Å²) >= 11 is 0. The van der Waals surface area contributed by atoms with Crippen molar-refractivity contribution in [2.45, 2.75) is 19.3 Å². The lowest BCUT2D eigenvalue weighted by Gasteiger charge is -2.21. The van der Waals surface area contributed by atoms with Crippen molar-refractivity contribution in [3.63, 3.8) is 0 Å². The highest BCUT2D eigenvalue weighted by molar-refractivity contribution is 6.20. The second kappa shape index (κ2) is 14.6. The van der Waals surface area contributed by atoms with E-state index in [-0.39, 0.29) is 5.41 Å². The van der Waals surface area contributed by atoms with Gasteiger partial charge in [0.15, 0.2) is 5.82 Å². The maximum absolute atomic E-state index is 5.37. The molecular formula is C61H42N2. The first-order valence-electron chi connectivity index (χ1n) is 21.8. The molecule has 0 radical (unpaired) electrons. The molecule has 296 valence electrons. The lowest BCUT2D eigenvalue weighted by molar-refractivity contribution is 0.660. The summed E-state index contributed by atoms with van der Waals surface area (Å²) in [5.41, 5.74) is 17.3. The van der Waals surface area contributed by atoms with Crippen LogP contribution >= 0.6 is 0 Å². The van der Waals surface area contributed by atoms with Gasteiger partial charge in [-0.25, -0.2) is 9.97 Å². The maximum Gasteiger partial charge on any atom is 0.160 e. The van der Waals surface area contributed by atoms with Crippen molar-refractivity contribution in [1.29, 1.82) is 0 Å². The van der Waals surface area contributed by atoms with E-state index < -0.39 is 0 Å². The minimum absolute atomic E-state index is 0.0745. The first kappa shape index (κ1) is 36.9. The number of hydrogen-bond donors (Lipinski definition) is 0. The first-order chi connectivity index (χ1) is 31.0. The normalized spacial score (nSPS) is 12.7. The fraction of sp³-hybridized carbons (Fsp3) is 0.0492. The quantitative estimate of drug-likeness (QED) is 0.124. The highest BCUT2D eigenvalue weighted by Crippen LogP contribution is 2.52. The molecule has 0 unspecified atom stereocenters. The summed E-state index contributed by atoms with van der Waals surface area (Å²) in [6.07, 6.45) is 0. The number of aromatic nitrogens is 2. The molecule has 1 aliphatic rings. The van der Waals surface area contributed by atoms with Crippen molar-refractivity contribution in [3.05, 3.63) is 230 Å². The fourth-order valence-electron chi connectivity index (χ4n) is 10.1. The van der Waals surface area contributed by atoms with E-state index in [4.69, 9.17) is 9.97 Å². The zero-order chi connectivity index (χ0) is 42.1. The fourth-order valence-corrected chi connectivity index (χ4v) is 10.1. The highest BCUT2D eigenvalue weighted by Gasteiger charge is 2.36. The van der Waals surface area contributed by atoms with Gasteiger partial charge in [0.25, 0.3) is 0 Å². The van der Waals surface area contributed by atoms with Crippen molar-refractivity contribution in [1.82, 2.24) is 9.97 Å². The molecule has 0 saturated carbocycles. The minimum atomic E-state index is -0.0745. The molecular weight excluding hydrogens is 761 g/mol. The Labute approximate surface area is 367 Å². The summed E-state index contributed by atoms with van der Waals surface area (Å²) in [6.45, 7) is 4.68. The average molecular weight is 803 g/mol. The molecule has 63 heavy (non-hydrogen) atoms. The Hall–Kier alpha value is -7.94. The van der Waals surface area contributed by atoms with Crippen LogP contribution in [0.3, 0.4) is 0 Å². The Bertz CT molecular complexity index is 3580. The zero-order valence-corrected chi connectivity index (χ0v) is 35.2. The molecule has 12 rings (SSSR count). The molecule has 0 atom stereocenters. The number of fused-ring (bicyclic) bond motifs is 7. The van der Waals surface area contributed by atoms with Gasteiger partial charge in [-0.2, -0.15) is 0 Å². The van der Waals surface area contributed by atoms with E-state index in [0.29, 0.717) is 5.82 Å². The lowest BCUT2D eigenvalue weighted by Crippen LogP contribution is -2.14. The van der Waals surface area contributed by atoms with Gasteiger partial charge in [-0.15, -0.1) is 0 Å². The van der Waals surface area contributed by atoms with Gasteiger partial charge in [-0.05, 0) is 112 Å². The summed E-state index contributed by atoms with van der Waals surface area (Å²) in [6, 6.07) is 79.1. The Morgan fingerprint density at radius 3 is 1.67 bits per heavy atom. The Morgan fingerprint density at radius 1 is 0.302 bits per heavy atom. The summed E-state index contributed by atoms with van der Waals surface area (Å²) in [5.74, 6) is 0.689. The van der Waals surface area contributed by atoms with E-state index in [1.165, 1.54) is 76.8 Å². The van der Waals surface area contributed by atoms with Crippen LogP contribution in [0, 0.1) is 0 Å². The summed E-state index contributed by atoms with van der Waals surface area (Å²) in [4.78, 5) is 10.7. The molecule has 0 fully saturated rings. The van der Waals surface area contributed by atoms with Crippen molar-refractivity contribution >= 4 is 32.3 Å². The number of nitrogens with zero attached hydrogens (tertiary/aromatic N) is 2. The maximum atomic E-state index is 5.37. The van der Waals surface area contributed by atoms with Crippen LogP contribution in [0.25, 0.3) is 111 Å². The SMILES string of the molecule is CC1(C)c2ccccc2-c2c(-c3cccc(-c4cc(-c5cccc(-c6ccccc6)c5)nc(-c5ccc(-c6c7ccccc7cc7c6ccc6ccccc67)cc5)n4)c3)cccc21. The number of benzene rings is 10. The van der Waals surface area contributed by atoms with Gasteiger partial charge in [-0.3, -0.25) is 0 Å². The minimum Gasteiger partial charge on any atom is -0.228 e. The Morgan fingerprint density at radius 2 is 0.873 bits per heavy atom. The van der Waals surface area contributed by atoms with Crippen molar-refractivity contribution < 1.29 is 0 Å². The van der Waals surface area contributed by atoms with E-state index in [9.17, 15) is 0 Å². The van der Waals surface area contributed by atoms with Gasteiger partial charge >= 0.3 is 0 Å². The topological polar surface area (TPSA) is 25.8 Å². The third-order valence-corrected chi connectivity index (χ3v) is 13.3. The smallest absolute Gasteiger partial charge is 0.160 e.